The van der Waals surface area contributed by atoms with Gasteiger partial charge in [-0.3, -0.25) is 4.98 Å². The molecule has 2 aromatic rings. The minimum Gasteiger partial charge on any atom is -0.376 e. The molecule has 1 aromatic heterocycles. The van der Waals surface area contributed by atoms with Gasteiger partial charge in [0.05, 0.1) is 5.02 Å². The molecule has 0 fully saturated rings. The number of aromatic nitrogens is 1. The number of nitrogens with zero attached hydrogens (tertiary/aromatic N) is 1. The van der Waals surface area contributed by atoms with Crippen LogP contribution in [0.4, 0.5) is 13.2 Å². The molecule has 4 nitrogen and oxygen atoms in total. The van der Waals surface area contributed by atoms with Gasteiger partial charge in [-0.15, -0.1) is 0 Å². The van der Waals surface area contributed by atoms with E-state index in [4.69, 9.17) is 11.6 Å². The summed E-state index contributed by atoms with van der Waals surface area (Å²) in [5.74, 6) is -0.286. The molecule has 3 rings (SSSR count). The van der Waals surface area contributed by atoms with Crippen LogP contribution in [0.2, 0.25) is 5.02 Å². The van der Waals surface area contributed by atoms with E-state index in [0.29, 0.717) is 17.0 Å². The number of halogens is 4. The van der Waals surface area contributed by atoms with Gasteiger partial charge in [-0.05, 0) is 80.5 Å². The first-order valence-corrected chi connectivity index (χ1v) is 13.3. The normalized spacial score (nSPS) is 16.0. The molecule has 0 N–H and O–H groups in total. The van der Waals surface area contributed by atoms with Gasteiger partial charge in [-0.1, -0.05) is 67.5 Å². The predicted molar refractivity (Wildman–Crippen MR) is 144 cm³/mol. The van der Waals surface area contributed by atoms with Gasteiger partial charge in [0.1, 0.15) is 5.76 Å². The maximum atomic E-state index is 12.8. The van der Waals surface area contributed by atoms with Crippen molar-refractivity contribution in [3.05, 3.63) is 99.9 Å². The largest absolute Gasteiger partial charge is 0.534 e. The van der Waals surface area contributed by atoms with Crippen LogP contribution in [-0.2, 0) is 19.7 Å². The number of fused-ring (bicyclic) bond motifs is 1. The van der Waals surface area contributed by atoms with Crippen molar-refractivity contribution >= 4 is 33.1 Å². The van der Waals surface area contributed by atoms with Crippen LogP contribution in [0.25, 0.3) is 11.3 Å². The summed E-state index contributed by atoms with van der Waals surface area (Å²) in [6.45, 7) is 11.6. The Labute approximate surface area is 222 Å². The summed E-state index contributed by atoms with van der Waals surface area (Å²) in [6.07, 6.45) is 11.1. The van der Waals surface area contributed by atoms with E-state index in [9.17, 15) is 21.6 Å². The third-order valence-corrected chi connectivity index (χ3v) is 6.98. The number of hydrogen-bond donors (Lipinski definition) is 0. The molecule has 0 radical (unpaired) electrons. The van der Waals surface area contributed by atoms with E-state index in [1.807, 2.05) is 90.1 Å². The summed E-state index contributed by atoms with van der Waals surface area (Å²) < 4.78 is 65.9. The Hall–Kier alpha value is -2.84. The molecule has 0 spiro atoms. The lowest BCUT2D eigenvalue weighted by Gasteiger charge is -2.32. The fourth-order valence-corrected chi connectivity index (χ4v) is 3.98. The number of rotatable bonds is 5. The molecule has 200 valence electrons. The average Bonchev–Trinajstić information content (AvgIpc) is 2.82. The standard InChI is InChI=1S/C22H25F3O3S.C6H6ClN/c1-6-15(2)8-7-9-16(3)17-10-11-19-18(14-17)20(12-13-21(19,4)5)28-29(26,27)22(23,24)25;1-5-2-3-6(7)4-8-5/h6-12,14H,13H2,1-5H3;2-4H,1H3/b8-7+,15-6+,16-9+;. The molecule has 9 heteroatoms. The van der Waals surface area contributed by atoms with Crippen LogP contribution >= 0.6 is 11.6 Å². The Morgan fingerprint density at radius 1 is 1.16 bits per heavy atom. The predicted octanol–water partition coefficient (Wildman–Crippen LogP) is 8.54. The summed E-state index contributed by atoms with van der Waals surface area (Å²) in [4.78, 5) is 3.95. The molecular weight excluding hydrogens is 523 g/mol. The molecule has 0 saturated carbocycles. The lowest BCUT2D eigenvalue weighted by atomic mass is 9.74. The fraction of sp³-hybridized carbons (Fsp3) is 0.321. The van der Waals surface area contributed by atoms with Gasteiger partial charge in [0.2, 0.25) is 0 Å². The third-order valence-electron chi connectivity index (χ3n) is 5.79. The number of alkyl halides is 3. The SMILES string of the molecule is C/C=C(C)/C=C/C=C(\C)c1ccc2c(c1)C(OS(=O)(=O)C(F)(F)F)=CCC2(C)C.Cc1ccc(Cl)cn1. The summed E-state index contributed by atoms with van der Waals surface area (Å²) in [5.41, 5.74) is -1.01. The van der Waals surface area contributed by atoms with Crippen LogP contribution < -0.4 is 0 Å². The zero-order valence-corrected chi connectivity index (χ0v) is 23.2. The number of allylic oxidation sites excluding steroid dienone is 7. The van der Waals surface area contributed by atoms with Gasteiger partial charge in [0.15, 0.2) is 0 Å². The monoisotopic (exact) mass is 553 g/mol. The van der Waals surface area contributed by atoms with E-state index in [0.717, 1.165) is 28.0 Å². The highest BCUT2D eigenvalue weighted by atomic mass is 35.5. The molecule has 0 unspecified atom stereocenters. The van der Waals surface area contributed by atoms with Crippen molar-refractivity contribution in [2.45, 2.75) is 58.9 Å². The smallest absolute Gasteiger partial charge is 0.376 e. The Morgan fingerprint density at radius 3 is 2.38 bits per heavy atom. The van der Waals surface area contributed by atoms with Gasteiger partial charge < -0.3 is 4.18 Å². The Balaban J connectivity index is 0.000000510. The van der Waals surface area contributed by atoms with Crippen LogP contribution in [0.3, 0.4) is 0 Å². The summed E-state index contributed by atoms with van der Waals surface area (Å²) >= 11 is 5.55. The summed E-state index contributed by atoms with van der Waals surface area (Å²) in [5, 5.41) is 0.690. The molecular formula is C28H31ClF3NO3S. The first-order valence-electron chi connectivity index (χ1n) is 11.5. The fourth-order valence-electron chi connectivity index (χ4n) is 3.38. The van der Waals surface area contributed by atoms with Crippen molar-refractivity contribution < 1.29 is 25.8 Å². The van der Waals surface area contributed by atoms with Crippen LogP contribution in [0.1, 0.15) is 63.4 Å². The molecule has 0 aliphatic heterocycles. The molecule has 1 aliphatic rings. The van der Waals surface area contributed by atoms with Crippen LogP contribution in [0, 0.1) is 6.92 Å². The number of benzene rings is 1. The summed E-state index contributed by atoms with van der Waals surface area (Å²) in [7, 11) is -5.74. The quantitative estimate of drug-likeness (QED) is 0.211. The Bertz CT molecular complexity index is 1320. The number of aryl methyl sites for hydroxylation is 1. The zero-order chi connectivity index (χ0) is 28.0. The minimum absolute atomic E-state index is 0.286. The molecule has 37 heavy (non-hydrogen) atoms. The minimum atomic E-state index is -5.74. The van der Waals surface area contributed by atoms with Crippen LogP contribution in [-0.4, -0.2) is 18.9 Å². The lowest BCUT2D eigenvalue weighted by Crippen LogP contribution is -2.27. The van der Waals surface area contributed by atoms with Gasteiger partial charge in [-0.25, -0.2) is 0 Å². The second-order valence-corrected chi connectivity index (χ2v) is 11.2. The molecule has 0 saturated heterocycles. The van der Waals surface area contributed by atoms with E-state index < -0.39 is 15.6 Å². The van der Waals surface area contributed by atoms with E-state index in [1.54, 1.807) is 12.3 Å². The second-order valence-electron chi connectivity index (χ2n) is 9.26. The van der Waals surface area contributed by atoms with Crippen molar-refractivity contribution in [2.75, 3.05) is 0 Å². The molecule has 1 heterocycles. The van der Waals surface area contributed by atoms with Crippen molar-refractivity contribution in [2.24, 2.45) is 0 Å². The Kier molecular flexibility index (Phi) is 9.97. The van der Waals surface area contributed by atoms with Crippen molar-refractivity contribution in [1.82, 2.24) is 4.98 Å². The maximum Gasteiger partial charge on any atom is 0.534 e. The topological polar surface area (TPSA) is 56.3 Å². The van der Waals surface area contributed by atoms with E-state index >= 15 is 0 Å². The molecule has 0 amide bonds. The van der Waals surface area contributed by atoms with Crippen molar-refractivity contribution in [3.63, 3.8) is 0 Å². The van der Waals surface area contributed by atoms with Gasteiger partial charge >= 0.3 is 15.6 Å². The number of pyridine rings is 1. The van der Waals surface area contributed by atoms with E-state index in [2.05, 4.69) is 9.17 Å². The molecule has 1 aliphatic carbocycles. The highest BCUT2D eigenvalue weighted by Gasteiger charge is 2.49. The second kappa shape index (κ2) is 12.1. The zero-order valence-electron chi connectivity index (χ0n) is 21.7. The molecule has 0 atom stereocenters. The number of hydrogen-bond acceptors (Lipinski definition) is 4. The first kappa shape index (κ1) is 30.4. The molecule has 0 bridgehead atoms. The van der Waals surface area contributed by atoms with Crippen LogP contribution in [0.15, 0.2) is 72.5 Å². The highest BCUT2D eigenvalue weighted by Crippen LogP contribution is 2.42. The summed E-state index contributed by atoms with van der Waals surface area (Å²) in [6, 6.07) is 9.08. The van der Waals surface area contributed by atoms with Crippen molar-refractivity contribution in [3.8, 4) is 0 Å². The van der Waals surface area contributed by atoms with Gasteiger partial charge in [-0.2, -0.15) is 21.6 Å². The van der Waals surface area contributed by atoms with Crippen molar-refractivity contribution in [1.29, 1.82) is 0 Å². The highest BCUT2D eigenvalue weighted by molar-refractivity contribution is 7.87. The third kappa shape index (κ3) is 8.33. The molecule has 1 aromatic carbocycles. The van der Waals surface area contributed by atoms with Gasteiger partial charge in [0, 0.05) is 17.5 Å². The Morgan fingerprint density at radius 2 is 1.84 bits per heavy atom. The average molecular weight is 554 g/mol. The van der Waals surface area contributed by atoms with E-state index in [-0.39, 0.29) is 11.2 Å². The van der Waals surface area contributed by atoms with Crippen LogP contribution in [0.5, 0.6) is 0 Å². The lowest BCUT2D eigenvalue weighted by molar-refractivity contribution is -0.0509. The van der Waals surface area contributed by atoms with Gasteiger partial charge in [0.25, 0.3) is 0 Å². The maximum absolute atomic E-state index is 12.8. The van der Waals surface area contributed by atoms with E-state index in [1.165, 1.54) is 6.08 Å². The first-order chi connectivity index (χ1) is 17.1.